The molecule has 6 aromatic heterocycles. The number of nitrogens with zero attached hydrogens (tertiary/aromatic N) is 9. The number of fused-ring (bicyclic) bond motifs is 3. The topological polar surface area (TPSA) is 392 Å². The molecule has 116 heavy (non-hydrogen) atoms. The van der Waals surface area contributed by atoms with E-state index >= 15 is 0 Å². The summed E-state index contributed by atoms with van der Waals surface area (Å²) in [5.41, 5.74) is 5.47. The molecule has 0 bridgehead atoms. The number of aromatic nitrogens is 9. The van der Waals surface area contributed by atoms with Crippen molar-refractivity contribution in [1.29, 1.82) is 0 Å². The van der Waals surface area contributed by atoms with E-state index in [1.54, 1.807) is 127 Å². The number of pyridine rings is 3. The Kier molecular flexibility index (Phi) is 30.4. The number of carboxylic acid groups (broad SMARTS) is 1. The first-order chi connectivity index (χ1) is 54.0. The number of esters is 1. The summed E-state index contributed by atoms with van der Waals surface area (Å²) in [6, 6.07) is 28.6. The summed E-state index contributed by atoms with van der Waals surface area (Å²) < 4.78 is 134. The zero-order valence-electron chi connectivity index (χ0n) is 62.6. The van der Waals surface area contributed by atoms with Gasteiger partial charge in [-0.2, -0.15) is 0 Å². The molecule has 28 nitrogen and oxygen atoms in total. The molecule has 1 amide bonds. The Morgan fingerprint density at radius 2 is 0.793 bits per heavy atom. The number of carbonyl (C=O) groups excluding carboxylic acids is 3. The van der Waals surface area contributed by atoms with Crippen molar-refractivity contribution in [3.63, 3.8) is 0 Å². The third kappa shape index (κ3) is 22.5. The van der Waals surface area contributed by atoms with Crippen molar-refractivity contribution in [3.05, 3.63) is 253 Å². The summed E-state index contributed by atoms with van der Waals surface area (Å²) in [5, 5.41) is 11.5. The van der Waals surface area contributed by atoms with Gasteiger partial charge in [0.05, 0.1) is 108 Å². The molecule has 12 aromatic rings. The van der Waals surface area contributed by atoms with Crippen LogP contribution in [0.25, 0.3) is 66.1 Å². The van der Waals surface area contributed by atoms with Crippen LogP contribution in [0.2, 0.25) is 15.1 Å². The number of ether oxygens (including phenoxy) is 1. The van der Waals surface area contributed by atoms with Gasteiger partial charge in [-0.1, -0.05) is 53.0 Å². The number of hydrogen-bond donors (Lipinski definition) is 5. The fourth-order valence-corrected chi connectivity index (χ4v) is 16.2. The number of benzene rings is 6. The number of carbonyl (C=O) groups is 4. The second kappa shape index (κ2) is 39.0. The Bertz CT molecular complexity index is 6370. The van der Waals surface area contributed by atoms with Gasteiger partial charge in [-0.25, -0.2) is 53.4 Å². The van der Waals surface area contributed by atoms with Crippen LogP contribution in [0.1, 0.15) is 70.0 Å². The van der Waals surface area contributed by atoms with Crippen molar-refractivity contribution in [1.82, 2.24) is 48.9 Å². The van der Waals surface area contributed by atoms with Gasteiger partial charge < -0.3 is 22.6 Å². The maximum atomic E-state index is 13.4. The van der Waals surface area contributed by atoms with E-state index in [-0.39, 0.29) is 143 Å². The number of carboxylic acids is 1. The molecule has 0 saturated heterocycles. The molecule has 0 unspecified atom stereocenters. The summed E-state index contributed by atoms with van der Waals surface area (Å²) in [6.45, 7) is 10.9. The second-order valence-corrected chi connectivity index (χ2v) is 31.9. The van der Waals surface area contributed by atoms with Gasteiger partial charge in [0.1, 0.15) is 32.1 Å². The largest absolute Gasteiger partial charge is 0.481 e. The normalized spacial score (nSPS) is 11.3. The van der Waals surface area contributed by atoms with E-state index in [1.807, 2.05) is 0 Å². The van der Waals surface area contributed by atoms with Crippen LogP contribution in [-0.4, -0.2) is 110 Å². The van der Waals surface area contributed by atoms with Gasteiger partial charge in [-0.05, 0) is 180 Å². The molecule has 0 saturated carbocycles. The van der Waals surface area contributed by atoms with Gasteiger partial charge in [-0.15, -0.1) is 0 Å². The SMILES string of the molecule is CCOC(=O)CCCn1cnc2ccc(-c3cnc(C)c(NS(=O)(=O)c4ccc(F)cc4Cl)c3)cc2c1=O.Cc1ncc(-c2ccc3ncn(CCC(=O)C(=O)NC(C)C)c(=O)c3c2)cc1NS(=O)(=O)c1ccc(F)cc1Cl.Cc1ncc(-c2ccc3ncn(CCCC(=O)O)c(=O)c3c2)cc1NS(=O)(=O)c1ccc(F)cc1Cl.[CH3-].[W]. The van der Waals surface area contributed by atoms with Crippen LogP contribution in [0, 0.1) is 45.6 Å². The molecule has 0 aliphatic heterocycles. The Hall–Kier alpha value is -11.1. The van der Waals surface area contributed by atoms with Gasteiger partial charge >= 0.3 is 11.9 Å². The Morgan fingerprint density at radius 1 is 0.466 bits per heavy atom. The third-order valence-electron chi connectivity index (χ3n) is 17.1. The van der Waals surface area contributed by atoms with Gasteiger partial charge in [0.25, 0.3) is 52.7 Å². The van der Waals surface area contributed by atoms with Crippen molar-refractivity contribution < 1.29 is 88.5 Å². The van der Waals surface area contributed by atoms with Gasteiger partial charge in [0, 0.05) is 101 Å². The molecule has 0 atom stereocenters. The van der Waals surface area contributed by atoms with E-state index in [2.05, 4.69) is 49.4 Å². The van der Waals surface area contributed by atoms with E-state index in [0.29, 0.717) is 97.4 Å². The molecule has 5 N–H and O–H groups in total. The monoisotopic (exact) mass is 1870 g/mol. The number of anilines is 3. The number of halogens is 6. The summed E-state index contributed by atoms with van der Waals surface area (Å²) in [5.74, 6) is -4.60. The molecule has 0 radical (unpaired) electrons. The number of rotatable bonds is 26. The minimum absolute atomic E-state index is 0. The van der Waals surface area contributed by atoms with Crippen molar-refractivity contribution in [2.24, 2.45) is 0 Å². The molecular formula is C78H72Cl3F3N13O15S3W-. The van der Waals surface area contributed by atoms with E-state index in [9.17, 15) is 72.0 Å². The average molecular weight is 1870 g/mol. The molecule has 6 aromatic carbocycles. The van der Waals surface area contributed by atoms with E-state index < -0.39 is 70.7 Å². The standard InChI is InChI=1S/C27H25ClFN5O5S.C26H24ClFN4O5S.C24H20ClFN4O5S.CH3.W/c1-15(2)32-26(36)24(35)8-9-34-14-31-22-6-4-17(10-20(22)27(34)37)18-11-23(16(3)30-13-18)33-40(38,39)25-7-5-19(29)12-21(25)28;1-3-37-25(33)5-4-10-32-15-30-22-8-6-17(11-20(22)26(32)34)18-12-23(16(2)29-14-18)31-38(35,36)24-9-7-19(28)13-21(24)27;1-14-21(29-36(34,35)22-7-5-17(26)11-19(22)25)10-16(12-27-14)15-4-6-20-18(9-15)24(33)30(13-28-20)8-2-3-23(31)32;;/h4-7,10-15,33H,8-9H2,1-3H3,(H,32,36);6-9,11-15,31H,3-5,10H2,1-2H3;4-7,9-13,29H,2-3,8H2,1H3,(H,31,32);1H3;/q;;;-1;. The first kappa shape index (κ1) is 90.4. The minimum atomic E-state index is -4.16. The molecule has 0 aliphatic carbocycles. The van der Waals surface area contributed by atoms with Crippen molar-refractivity contribution in [2.75, 3.05) is 20.8 Å². The number of nitrogens with one attached hydrogen (secondary N) is 4. The number of sulfonamides is 3. The Morgan fingerprint density at radius 3 is 1.10 bits per heavy atom. The molecule has 606 valence electrons. The zero-order valence-corrected chi connectivity index (χ0v) is 70.3. The first-order valence-electron chi connectivity index (χ1n) is 34.5. The van der Waals surface area contributed by atoms with Crippen molar-refractivity contribution in [2.45, 2.75) is 114 Å². The molecule has 0 aliphatic rings. The number of Topliss-reactive ketones (excluding diaryl/α,β-unsaturated/α-hetero) is 1. The number of ketones is 1. The Balaban J connectivity index is 0.000000216. The molecular weight excluding hydrogens is 1800 g/mol. The Labute approximate surface area is 692 Å². The van der Waals surface area contributed by atoms with Crippen LogP contribution < -0.4 is 36.2 Å². The summed E-state index contributed by atoms with van der Waals surface area (Å²) in [6.07, 6.45) is 9.43. The van der Waals surface area contributed by atoms with E-state index in [4.69, 9.17) is 44.6 Å². The molecule has 12 rings (SSSR count). The van der Waals surface area contributed by atoms with Crippen molar-refractivity contribution >= 4 is 138 Å². The summed E-state index contributed by atoms with van der Waals surface area (Å²) in [7, 11) is -12.4. The van der Waals surface area contributed by atoms with E-state index in [0.717, 1.165) is 54.6 Å². The summed E-state index contributed by atoms with van der Waals surface area (Å²) >= 11 is 17.8. The predicted octanol–water partition coefficient (Wildman–Crippen LogP) is 13.2. The third-order valence-corrected chi connectivity index (χ3v) is 22.7. The van der Waals surface area contributed by atoms with Crippen LogP contribution in [0.15, 0.2) is 194 Å². The maximum absolute atomic E-state index is 13.4. The van der Waals surface area contributed by atoms with Gasteiger partial charge in [0.15, 0.2) is 0 Å². The predicted molar refractivity (Wildman–Crippen MR) is 431 cm³/mol. The first-order valence-corrected chi connectivity index (χ1v) is 40.1. The molecule has 6 heterocycles. The van der Waals surface area contributed by atoms with Crippen LogP contribution in [0.5, 0.6) is 0 Å². The molecule has 38 heteroatoms. The average Bonchev–Trinajstić information content (AvgIpc) is 1.09. The zero-order chi connectivity index (χ0) is 82.7. The fraction of sp³-hybridized carbons (Fsp3) is 0.205. The fourth-order valence-electron chi connectivity index (χ4n) is 11.3. The number of hydrogen-bond acceptors (Lipinski definition) is 20. The quantitative estimate of drug-likeness (QED) is 0.0191. The van der Waals surface area contributed by atoms with Crippen LogP contribution in [0.4, 0.5) is 30.2 Å². The minimum Gasteiger partial charge on any atom is -0.481 e. The van der Waals surface area contributed by atoms with Crippen LogP contribution in [-0.2, 0) is 94.7 Å². The second-order valence-electron chi connectivity index (χ2n) is 25.7. The van der Waals surface area contributed by atoms with Gasteiger partial charge in [-0.3, -0.25) is 76.4 Å². The molecule has 0 fully saturated rings. The smallest absolute Gasteiger partial charge is 0.305 e. The van der Waals surface area contributed by atoms with Crippen molar-refractivity contribution in [3.8, 4) is 33.4 Å². The van der Waals surface area contributed by atoms with Crippen LogP contribution in [0.3, 0.4) is 0 Å². The van der Waals surface area contributed by atoms with Crippen LogP contribution >= 0.6 is 34.8 Å². The number of amides is 1. The van der Waals surface area contributed by atoms with Gasteiger partial charge in [0.2, 0.25) is 5.78 Å². The molecule has 0 spiro atoms. The summed E-state index contributed by atoms with van der Waals surface area (Å²) in [4.78, 5) is 110. The number of aryl methyl sites for hydroxylation is 6. The van der Waals surface area contributed by atoms with E-state index in [1.165, 1.54) is 38.9 Å². The number of aliphatic carboxylic acids is 1. The maximum Gasteiger partial charge on any atom is 0.305 e.